The molecule has 0 spiro atoms. The molecule has 0 aliphatic heterocycles. The molecular weight excluding hydrogens is 261 g/mol. The van der Waals surface area contributed by atoms with E-state index in [1.165, 1.54) is 0 Å². The topological polar surface area (TPSA) is 64.3 Å². The number of hydrogen-bond acceptors (Lipinski definition) is 3. The van der Waals surface area contributed by atoms with E-state index in [2.05, 4.69) is 5.32 Å². The number of halogens is 3. The smallest absolute Gasteiger partial charge is 0.390 e. The quantitative estimate of drug-likeness (QED) is 0.829. The summed E-state index contributed by atoms with van der Waals surface area (Å²) in [5, 5.41) is 2.13. The predicted molar refractivity (Wildman–Crippen MR) is 63.5 cm³/mol. The summed E-state index contributed by atoms with van der Waals surface area (Å²) in [4.78, 5) is 11.3. The van der Waals surface area contributed by atoms with Crippen LogP contribution in [0.1, 0.15) is 12.0 Å². The molecule has 0 saturated carbocycles. The van der Waals surface area contributed by atoms with Gasteiger partial charge >= 0.3 is 6.18 Å². The number of carbonyl (C=O) groups is 1. The van der Waals surface area contributed by atoms with Crippen molar-refractivity contribution in [2.45, 2.75) is 19.1 Å². The van der Waals surface area contributed by atoms with Crippen molar-refractivity contribution in [2.24, 2.45) is 5.73 Å². The lowest BCUT2D eigenvalue weighted by Crippen LogP contribution is -2.32. The zero-order valence-electron chi connectivity index (χ0n) is 10.2. The fourth-order valence-electron chi connectivity index (χ4n) is 1.35. The molecule has 19 heavy (non-hydrogen) atoms. The minimum Gasteiger partial charge on any atom is -0.483 e. The highest BCUT2D eigenvalue weighted by Gasteiger charge is 2.26. The van der Waals surface area contributed by atoms with Gasteiger partial charge in [-0.25, -0.2) is 0 Å². The van der Waals surface area contributed by atoms with Crippen LogP contribution in [-0.2, 0) is 11.3 Å². The molecule has 0 radical (unpaired) electrons. The highest BCUT2D eigenvalue weighted by atomic mass is 19.4. The largest absolute Gasteiger partial charge is 0.483 e. The van der Waals surface area contributed by atoms with Crippen molar-refractivity contribution in [1.29, 1.82) is 0 Å². The van der Waals surface area contributed by atoms with E-state index in [9.17, 15) is 18.0 Å². The van der Waals surface area contributed by atoms with Gasteiger partial charge in [0.15, 0.2) is 6.61 Å². The van der Waals surface area contributed by atoms with Crippen molar-refractivity contribution in [3.8, 4) is 5.75 Å². The molecule has 0 aliphatic rings. The summed E-state index contributed by atoms with van der Waals surface area (Å²) in [5.74, 6) is -0.146. The van der Waals surface area contributed by atoms with E-state index in [-0.39, 0.29) is 13.2 Å². The van der Waals surface area contributed by atoms with Crippen molar-refractivity contribution in [2.75, 3.05) is 13.2 Å². The van der Waals surface area contributed by atoms with Crippen molar-refractivity contribution in [3.05, 3.63) is 29.8 Å². The molecule has 0 fully saturated rings. The van der Waals surface area contributed by atoms with Crippen molar-refractivity contribution in [1.82, 2.24) is 5.32 Å². The van der Waals surface area contributed by atoms with Gasteiger partial charge in [-0.1, -0.05) is 18.2 Å². The summed E-state index contributed by atoms with van der Waals surface area (Å²) < 4.78 is 40.8. The molecule has 4 nitrogen and oxygen atoms in total. The SMILES string of the molecule is NCc1ccccc1OCC(=O)NCCC(F)(F)F. The highest BCUT2D eigenvalue weighted by Crippen LogP contribution is 2.18. The van der Waals surface area contributed by atoms with E-state index in [4.69, 9.17) is 10.5 Å². The molecule has 0 unspecified atom stereocenters. The Morgan fingerprint density at radius 2 is 2.00 bits per heavy atom. The van der Waals surface area contributed by atoms with E-state index in [0.717, 1.165) is 5.56 Å². The first kappa shape index (κ1) is 15.3. The second kappa shape index (κ2) is 6.98. The molecular formula is C12H15F3N2O2. The molecule has 0 saturated heterocycles. The number of amides is 1. The number of nitrogens with two attached hydrogens (primary N) is 1. The zero-order chi connectivity index (χ0) is 14.3. The van der Waals surface area contributed by atoms with Crippen LogP contribution in [0.15, 0.2) is 24.3 Å². The molecule has 0 heterocycles. The molecule has 0 atom stereocenters. The normalized spacial score (nSPS) is 11.2. The molecule has 0 aromatic heterocycles. The maximum absolute atomic E-state index is 11.9. The van der Waals surface area contributed by atoms with Gasteiger partial charge in [0.05, 0.1) is 6.42 Å². The summed E-state index contributed by atoms with van der Waals surface area (Å²) >= 11 is 0. The average Bonchev–Trinajstić information content (AvgIpc) is 2.35. The highest BCUT2D eigenvalue weighted by molar-refractivity contribution is 5.77. The minimum atomic E-state index is -4.28. The summed E-state index contributed by atoms with van der Waals surface area (Å²) in [6.07, 6.45) is -5.33. The van der Waals surface area contributed by atoms with Crippen molar-refractivity contribution < 1.29 is 22.7 Å². The third-order valence-electron chi connectivity index (χ3n) is 2.28. The molecule has 1 aromatic carbocycles. The fourth-order valence-corrected chi connectivity index (χ4v) is 1.35. The van der Waals surface area contributed by atoms with E-state index >= 15 is 0 Å². The second-order valence-electron chi connectivity index (χ2n) is 3.82. The Morgan fingerprint density at radius 3 is 2.63 bits per heavy atom. The first-order valence-corrected chi connectivity index (χ1v) is 5.66. The van der Waals surface area contributed by atoms with Gasteiger partial charge < -0.3 is 15.8 Å². The predicted octanol–water partition coefficient (Wildman–Crippen LogP) is 1.59. The Balaban J connectivity index is 2.34. The number of benzene rings is 1. The Labute approximate surface area is 108 Å². The summed E-state index contributed by atoms with van der Waals surface area (Å²) in [6.45, 7) is -0.537. The van der Waals surface area contributed by atoms with Crippen LogP contribution in [0, 0.1) is 0 Å². The fraction of sp³-hybridized carbons (Fsp3) is 0.417. The number of ether oxygens (including phenoxy) is 1. The minimum absolute atomic E-state index is 0.256. The lowest BCUT2D eigenvalue weighted by Gasteiger charge is -2.11. The Morgan fingerprint density at radius 1 is 1.32 bits per heavy atom. The van der Waals surface area contributed by atoms with Gasteiger partial charge in [-0.05, 0) is 6.07 Å². The van der Waals surface area contributed by atoms with Gasteiger partial charge in [-0.15, -0.1) is 0 Å². The first-order chi connectivity index (χ1) is 8.92. The van der Waals surface area contributed by atoms with Crippen LogP contribution in [0.25, 0.3) is 0 Å². The second-order valence-corrected chi connectivity index (χ2v) is 3.82. The molecule has 0 aliphatic carbocycles. The maximum Gasteiger partial charge on any atom is 0.390 e. The Hall–Kier alpha value is -1.76. The zero-order valence-corrected chi connectivity index (χ0v) is 10.2. The van der Waals surface area contributed by atoms with E-state index < -0.39 is 25.0 Å². The van der Waals surface area contributed by atoms with E-state index in [1.54, 1.807) is 24.3 Å². The molecule has 0 bridgehead atoms. The number of carbonyl (C=O) groups excluding carboxylic acids is 1. The monoisotopic (exact) mass is 276 g/mol. The van der Waals surface area contributed by atoms with Crippen LogP contribution < -0.4 is 15.8 Å². The number of nitrogens with one attached hydrogen (secondary N) is 1. The van der Waals surface area contributed by atoms with E-state index in [0.29, 0.717) is 5.75 Å². The summed E-state index contributed by atoms with van der Waals surface area (Å²) in [6, 6.07) is 6.89. The van der Waals surface area contributed by atoms with Crippen molar-refractivity contribution >= 4 is 5.91 Å². The van der Waals surface area contributed by atoms with Crippen LogP contribution in [0.3, 0.4) is 0 Å². The number of rotatable bonds is 6. The van der Waals surface area contributed by atoms with Crippen LogP contribution in [0.4, 0.5) is 13.2 Å². The summed E-state index contributed by atoms with van der Waals surface area (Å²) in [5.41, 5.74) is 6.21. The summed E-state index contributed by atoms with van der Waals surface area (Å²) in [7, 11) is 0. The number of hydrogen-bond donors (Lipinski definition) is 2. The van der Waals surface area contributed by atoms with Gasteiger partial charge in [0.1, 0.15) is 5.75 Å². The van der Waals surface area contributed by atoms with Crippen LogP contribution in [0.2, 0.25) is 0 Å². The van der Waals surface area contributed by atoms with Crippen LogP contribution >= 0.6 is 0 Å². The molecule has 7 heteroatoms. The molecule has 3 N–H and O–H groups in total. The van der Waals surface area contributed by atoms with Gasteiger partial charge in [0.25, 0.3) is 5.91 Å². The van der Waals surface area contributed by atoms with Gasteiger partial charge in [-0.3, -0.25) is 4.79 Å². The molecule has 106 valence electrons. The first-order valence-electron chi connectivity index (χ1n) is 5.66. The van der Waals surface area contributed by atoms with Crippen molar-refractivity contribution in [3.63, 3.8) is 0 Å². The number of para-hydroxylation sites is 1. The Bertz CT molecular complexity index is 422. The maximum atomic E-state index is 11.9. The third kappa shape index (κ3) is 6.10. The molecule has 1 amide bonds. The molecule has 1 rings (SSSR count). The van der Waals surface area contributed by atoms with Gasteiger partial charge in [0, 0.05) is 18.7 Å². The average molecular weight is 276 g/mol. The van der Waals surface area contributed by atoms with Crippen LogP contribution in [-0.4, -0.2) is 25.2 Å². The third-order valence-corrected chi connectivity index (χ3v) is 2.28. The number of alkyl halides is 3. The van der Waals surface area contributed by atoms with Crippen LogP contribution in [0.5, 0.6) is 5.75 Å². The molecule has 1 aromatic rings. The standard InChI is InChI=1S/C12H15F3N2O2/c13-12(14,15)5-6-17-11(18)8-19-10-4-2-1-3-9(10)7-16/h1-4H,5-8,16H2,(H,17,18). The van der Waals surface area contributed by atoms with Gasteiger partial charge in [0.2, 0.25) is 0 Å². The van der Waals surface area contributed by atoms with E-state index in [1.807, 2.05) is 0 Å². The lowest BCUT2D eigenvalue weighted by atomic mass is 10.2. The van der Waals surface area contributed by atoms with Gasteiger partial charge in [-0.2, -0.15) is 13.2 Å². The lowest BCUT2D eigenvalue weighted by molar-refractivity contribution is -0.136. The Kier molecular flexibility index (Phi) is 5.62.